The fourth-order valence-electron chi connectivity index (χ4n) is 5.84. The number of nitrogens with two attached hydrogens (primary N) is 1. The van der Waals surface area contributed by atoms with E-state index < -0.39 is 5.54 Å². The summed E-state index contributed by atoms with van der Waals surface area (Å²) in [6, 6.07) is 6.87. The third-order valence-corrected chi connectivity index (χ3v) is 7.87. The second-order valence-corrected chi connectivity index (χ2v) is 9.66. The molecule has 1 unspecified atom stereocenters. The Morgan fingerprint density at radius 2 is 1.96 bits per heavy atom. The summed E-state index contributed by atoms with van der Waals surface area (Å²) in [5.74, 6) is 2.13. The standard InChI is InChI=1S/C23H31N3O/c1-15-9-11-22(12-10-15)14-18-8-7-17(6-5-16-3-4-16)13-19(18)23(22)20(27)26(2)21(24)25-23/h7-8,13,15-16H,3-6,9-12,14H2,1-2H3,(H2,24,25). The number of likely N-dealkylation sites (N-methyl/N-ethyl adjacent to an activating group) is 1. The van der Waals surface area contributed by atoms with Crippen LogP contribution in [0.3, 0.4) is 0 Å². The Morgan fingerprint density at radius 3 is 2.59 bits per heavy atom. The van der Waals surface area contributed by atoms with E-state index in [4.69, 9.17) is 10.7 Å². The van der Waals surface area contributed by atoms with Gasteiger partial charge < -0.3 is 5.73 Å². The molecule has 2 N–H and O–H groups in total. The lowest BCUT2D eigenvalue weighted by atomic mass is 9.60. The van der Waals surface area contributed by atoms with Crippen LogP contribution in [-0.2, 0) is 23.2 Å². The Bertz CT molecular complexity index is 817. The number of fused-ring (bicyclic) bond motifs is 3. The number of aliphatic imine (C=N–C) groups is 1. The van der Waals surface area contributed by atoms with Gasteiger partial charge in [0, 0.05) is 12.5 Å². The van der Waals surface area contributed by atoms with Gasteiger partial charge in [0.25, 0.3) is 5.91 Å². The summed E-state index contributed by atoms with van der Waals surface area (Å²) in [6.07, 6.45) is 10.6. The van der Waals surface area contributed by atoms with Gasteiger partial charge in [-0.15, -0.1) is 0 Å². The van der Waals surface area contributed by atoms with Crippen LogP contribution in [0.1, 0.15) is 68.6 Å². The van der Waals surface area contributed by atoms with Gasteiger partial charge in [-0.25, -0.2) is 4.99 Å². The van der Waals surface area contributed by atoms with Crippen molar-refractivity contribution in [2.75, 3.05) is 7.05 Å². The van der Waals surface area contributed by atoms with Crippen LogP contribution in [0.15, 0.2) is 23.2 Å². The zero-order valence-electron chi connectivity index (χ0n) is 16.6. The van der Waals surface area contributed by atoms with Crippen LogP contribution in [0.2, 0.25) is 0 Å². The Labute approximate surface area is 162 Å². The van der Waals surface area contributed by atoms with Gasteiger partial charge in [0.15, 0.2) is 11.5 Å². The molecule has 1 amide bonds. The first-order chi connectivity index (χ1) is 12.9. The lowest BCUT2D eigenvalue weighted by Crippen LogP contribution is -2.50. The maximum Gasteiger partial charge on any atom is 0.262 e. The van der Waals surface area contributed by atoms with Crippen LogP contribution in [0, 0.1) is 17.3 Å². The van der Waals surface area contributed by atoms with E-state index in [9.17, 15) is 4.79 Å². The van der Waals surface area contributed by atoms with Gasteiger partial charge >= 0.3 is 0 Å². The van der Waals surface area contributed by atoms with Crippen LogP contribution in [0.5, 0.6) is 0 Å². The third-order valence-electron chi connectivity index (χ3n) is 7.87. The number of hydrogen-bond donors (Lipinski definition) is 1. The Hall–Kier alpha value is -1.84. The van der Waals surface area contributed by atoms with Gasteiger partial charge in [0.2, 0.25) is 0 Å². The molecule has 1 aromatic carbocycles. The van der Waals surface area contributed by atoms with Crippen LogP contribution in [0.25, 0.3) is 0 Å². The van der Waals surface area contributed by atoms with Crippen molar-refractivity contribution in [2.45, 2.75) is 70.3 Å². The SMILES string of the molecule is CC1CCC2(CC1)Cc1ccc(CCC3CC3)cc1C21N=C(N)N(C)C1=O. The first-order valence-corrected chi connectivity index (χ1v) is 10.7. The summed E-state index contributed by atoms with van der Waals surface area (Å²) in [5, 5.41) is 0. The lowest BCUT2D eigenvalue weighted by molar-refractivity contribution is -0.136. The minimum Gasteiger partial charge on any atom is -0.369 e. The highest BCUT2D eigenvalue weighted by molar-refractivity contribution is 6.08. The molecular formula is C23H31N3O. The van der Waals surface area contributed by atoms with Crippen LogP contribution >= 0.6 is 0 Å². The van der Waals surface area contributed by atoms with Crippen LogP contribution < -0.4 is 5.73 Å². The summed E-state index contributed by atoms with van der Waals surface area (Å²) in [4.78, 5) is 20.1. The van der Waals surface area contributed by atoms with Crippen molar-refractivity contribution < 1.29 is 4.79 Å². The molecular weight excluding hydrogens is 334 g/mol. The molecule has 4 aliphatic rings. The van der Waals surface area contributed by atoms with Crippen LogP contribution in [-0.4, -0.2) is 23.8 Å². The molecule has 27 heavy (non-hydrogen) atoms. The molecule has 2 saturated carbocycles. The predicted molar refractivity (Wildman–Crippen MR) is 107 cm³/mol. The first kappa shape index (κ1) is 17.3. The highest BCUT2D eigenvalue weighted by Gasteiger charge is 2.65. The number of guanidine groups is 1. The maximum atomic E-state index is 13.6. The molecule has 3 aliphatic carbocycles. The van der Waals surface area contributed by atoms with Crippen molar-refractivity contribution in [3.05, 3.63) is 34.9 Å². The molecule has 0 aromatic heterocycles. The van der Waals surface area contributed by atoms with E-state index >= 15 is 0 Å². The van der Waals surface area contributed by atoms with Crippen molar-refractivity contribution in [3.8, 4) is 0 Å². The lowest BCUT2D eigenvalue weighted by Gasteiger charge is -2.45. The van der Waals surface area contributed by atoms with Gasteiger partial charge in [-0.1, -0.05) is 50.8 Å². The molecule has 144 valence electrons. The van der Waals surface area contributed by atoms with E-state index in [1.807, 2.05) is 0 Å². The molecule has 1 heterocycles. The van der Waals surface area contributed by atoms with Crippen LogP contribution in [0.4, 0.5) is 0 Å². The van der Waals surface area contributed by atoms with E-state index in [1.54, 1.807) is 11.9 Å². The van der Waals surface area contributed by atoms with Gasteiger partial charge in [-0.3, -0.25) is 9.69 Å². The van der Waals surface area contributed by atoms with E-state index in [0.29, 0.717) is 5.96 Å². The molecule has 1 aromatic rings. The number of benzene rings is 1. The number of carbonyl (C=O) groups is 1. The fourth-order valence-corrected chi connectivity index (χ4v) is 5.84. The second kappa shape index (κ2) is 5.83. The molecule has 4 heteroatoms. The number of hydrogen-bond acceptors (Lipinski definition) is 3. The minimum absolute atomic E-state index is 0.0904. The van der Waals surface area contributed by atoms with Crippen molar-refractivity contribution in [1.82, 2.24) is 4.90 Å². The Kier molecular flexibility index (Phi) is 3.73. The van der Waals surface area contributed by atoms with Crippen molar-refractivity contribution in [1.29, 1.82) is 0 Å². The third kappa shape index (κ3) is 2.41. The zero-order chi connectivity index (χ0) is 18.8. The number of nitrogens with zero attached hydrogens (tertiary/aromatic N) is 2. The van der Waals surface area contributed by atoms with E-state index in [0.717, 1.165) is 43.1 Å². The fraction of sp³-hybridized carbons (Fsp3) is 0.652. The highest BCUT2D eigenvalue weighted by Crippen LogP contribution is 2.62. The predicted octanol–water partition coefficient (Wildman–Crippen LogP) is 3.76. The zero-order valence-corrected chi connectivity index (χ0v) is 16.6. The number of aryl methyl sites for hydroxylation is 1. The molecule has 2 spiro atoms. The average Bonchev–Trinajstić information content (AvgIpc) is 3.42. The monoisotopic (exact) mass is 365 g/mol. The summed E-state index contributed by atoms with van der Waals surface area (Å²) >= 11 is 0. The summed E-state index contributed by atoms with van der Waals surface area (Å²) in [6.45, 7) is 2.33. The normalized spacial score (nSPS) is 35.2. The molecule has 2 fully saturated rings. The molecule has 1 atom stereocenters. The van der Waals surface area contributed by atoms with Gasteiger partial charge in [-0.2, -0.15) is 0 Å². The van der Waals surface area contributed by atoms with Gasteiger partial charge in [-0.05, 0) is 60.6 Å². The molecule has 0 bridgehead atoms. The highest BCUT2D eigenvalue weighted by atomic mass is 16.2. The van der Waals surface area contributed by atoms with Crippen molar-refractivity contribution in [3.63, 3.8) is 0 Å². The smallest absolute Gasteiger partial charge is 0.262 e. The Morgan fingerprint density at radius 1 is 1.22 bits per heavy atom. The Balaban J connectivity index is 1.60. The first-order valence-electron chi connectivity index (χ1n) is 10.7. The number of rotatable bonds is 3. The quantitative estimate of drug-likeness (QED) is 0.886. The molecule has 1 aliphatic heterocycles. The topological polar surface area (TPSA) is 58.7 Å². The van der Waals surface area contributed by atoms with E-state index in [-0.39, 0.29) is 11.3 Å². The summed E-state index contributed by atoms with van der Waals surface area (Å²) in [7, 11) is 1.78. The second-order valence-electron chi connectivity index (χ2n) is 9.66. The van der Waals surface area contributed by atoms with Gasteiger partial charge in [0.1, 0.15) is 0 Å². The van der Waals surface area contributed by atoms with E-state index in [1.165, 1.54) is 43.2 Å². The maximum absolute atomic E-state index is 13.6. The van der Waals surface area contributed by atoms with Crippen molar-refractivity contribution in [2.24, 2.45) is 28.0 Å². The van der Waals surface area contributed by atoms with Gasteiger partial charge in [0.05, 0.1) is 0 Å². The molecule has 4 nitrogen and oxygen atoms in total. The largest absolute Gasteiger partial charge is 0.369 e. The number of carbonyl (C=O) groups excluding carboxylic acids is 1. The molecule has 0 saturated heterocycles. The molecule has 0 radical (unpaired) electrons. The summed E-state index contributed by atoms with van der Waals surface area (Å²) in [5.41, 5.74) is 9.16. The number of amides is 1. The summed E-state index contributed by atoms with van der Waals surface area (Å²) < 4.78 is 0. The average molecular weight is 366 g/mol. The minimum atomic E-state index is -0.781. The van der Waals surface area contributed by atoms with E-state index in [2.05, 4.69) is 25.1 Å². The van der Waals surface area contributed by atoms with Crippen molar-refractivity contribution >= 4 is 11.9 Å². The molecule has 5 rings (SSSR count).